The third kappa shape index (κ3) is 29.4. The smallest absolute Gasteiger partial charge is 0.303 e. The summed E-state index contributed by atoms with van der Waals surface area (Å²) in [7, 11) is 3.29. The lowest BCUT2D eigenvalue weighted by molar-refractivity contribution is -0.143. The average Bonchev–Trinajstić information content (AvgIpc) is 1.70. The fourth-order valence-electron chi connectivity index (χ4n) is 13.1. The van der Waals surface area contributed by atoms with Gasteiger partial charge in [-0.15, -0.1) is 0 Å². The van der Waals surface area contributed by atoms with Crippen LogP contribution in [-0.4, -0.2) is 301 Å². The number of carboxylic acid groups (broad SMARTS) is 2. The van der Waals surface area contributed by atoms with Crippen molar-refractivity contribution in [3.05, 3.63) is 54.7 Å². The van der Waals surface area contributed by atoms with Gasteiger partial charge in [0.05, 0.1) is 32.1 Å². The molecule has 23 N–H and O–H groups in total. The Morgan fingerprint density at radius 1 is 0.504 bits per heavy atom. The van der Waals surface area contributed by atoms with E-state index >= 15 is 19.2 Å². The van der Waals surface area contributed by atoms with Crippen molar-refractivity contribution >= 4 is 150 Å². The van der Waals surface area contributed by atoms with E-state index in [0.717, 1.165) is 48.1 Å². The predicted octanol–water partition coefficient (Wildman–Crippen LogP) is -6.37. The first-order valence-electron chi connectivity index (χ1n) is 38.7. The molecule has 4 aliphatic rings. The van der Waals surface area contributed by atoms with Crippen molar-refractivity contribution in [1.82, 2.24) is 109 Å². The zero-order valence-electron chi connectivity index (χ0n) is 66.0. The monoisotopic (exact) mass is 1740 g/mol. The number of H-pyrrole nitrogens is 3. The Hall–Kier alpha value is -10.6. The Kier molecular flexibility index (Phi) is 38.0. The fourth-order valence-corrected chi connectivity index (χ4v) is 17.8. The van der Waals surface area contributed by atoms with Crippen molar-refractivity contribution in [2.24, 2.45) is 23.3 Å². The number of carbonyl (C=O) groups is 18. The van der Waals surface area contributed by atoms with Gasteiger partial charge in [0.25, 0.3) is 0 Å². The second kappa shape index (κ2) is 47.3. The molecule has 119 heavy (non-hydrogen) atoms. The highest BCUT2D eigenvalue weighted by Crippen LogP contribution is 2.28. The molecule has 0 radical (unpaired) electrons. The molecule has 0 aromatic carbocycles. The molecule has 0 aliphatic carbocycles. The average molecular weight is 1750 g/mol. The molecule has 4 saturated heterocycles. The Balaban J connectivity index is 1.34. The van der Waals surface area contributed by atoms with Crippen LogP contribution >= 0.6 is 43.2 Å². The van der Waals surface area contributed by atoms with E-state index in [0.29, 0.717) is 5.69 Å². The van der Waals surface area contributed by atoms with Gasteiger partial charge in [-0.05, 0) is 70.1 Å². The third-order valence-corrected chi connectivity index (χ3v) is 24.7. The van der Waals surface area contributed by atoms with Crippen molar-refractivity contribution in [1.29, 1.82) is 0 Å². The number of primary amides is 1. The van der Waals surface area contributed by atoms with Gasteiger partial charge in [0.15, 0.2) is 0 Å². The zero-order chi connectivity index (χ0) is 87.2. The van der Waals surface area contributed by atoms with Gasteiger partial charge < -0.3 is 121 Å². The Bertz CT molecular complexity index is 4060. The number of aromatic amines is 3. The first kappa shape index (κ1) is 95.6. The van der Waals surface area contributed by atoms with E-state index in [9.17, 15) is 82.4 Å². The van der Waals surface area contributed by atoms with Crippen LogP contribution in [0.1, 0.15) is 122 Å². The number of nitrogens with two attached hydrogens (primary N) is 2. The predicted molar refractivity (Wildman–Crippen MR) is 430 cm³/mol. The molecule has 2 bridgehead atoms. The highest BCUT2D eigenvalue weighted by atomic mass is 33.1. The molecule has 7 heterocycles. The first-order chi connectivity index (χ1) is 56.7. The maximum absolute atomic E-state index is 15.1. The highest BCUT2D eigenvalue weighted by molar-refractivity contribution is 8.77. The summed E-state index contributed by atoms with van der Waals surface area (Å²) in [5.74, 6) is -21.6. The van der Waals surface area contributed by atoms with Crippen LogP contribution in [0.3, 0.4) is 0 Å². The van der Waals surface area contributed by atoms with E-state index in [1.54, 1.807) is 27.7 Å². The molecule has 0 unspecified atom stereocenters. The lowest BCUT2D eigenvalue weighted by atomic mass is 9.96. The van der Waals surface area contributed by atoms with E-state index in [4.69, 9.17) is 11.5 Å². The van der Waals surface area contributed by atoms with E-state index < -0.39 is 258 Å². The van der Waals surface area contributed by atoms with E-state index in [2.05, 4.69) is 99.0 Å². The first-order valence-corrected chi connectivity index (χ1v) is 43.7. The second-order valence-corrected chi connectivity index (χ2v) is 34.4. The van der Waals surface area contributed by atoms with Gasteiger partial charge in [0.2, 0.25) is 94.5 Å². The summed E-state index contributed by atoms with van der Waals surface area (Å²) in [6, 6.07) is -23.9. The van der Waals surface area contributed by atoms with Crippen LogP contribution < -0.4 is 80.6 Å². The summed E-state index contributed by atoms with van der Waals surface area (Å²) in [5.41, 5.74) is 12.4. The molecule has 3 aromatic rings. The molecule has 16 atom stereocenters. The number of hydrogen-bond donors (Lipinski definition) is 21. The van der Waals surface area contributed by atoms with Crippen LogP contribution in [0.25, 0.3) is 0 Å². The Labute approximate surface area is 698 Å². The molecule has 3 aromatic heterocycles. The zero-order valence-corrected chi connectivity index (χ0v) is 69.3. The van der Waals surface area contributed by atoms with Gasteiger partial charge in [-0.2, -0.15) is 0 Å². The number of nitrogens with zero attached hydrogens (tertiary/aromatic N) is 5. The molecule has 0 spiro atoms. The van der Waals surface area contributed by atoms with E-state index in [1.165, 1.54) is 49.4 Å². The van der Waals surface area contributed by atoms with Crippen molar-refractivity contribution in [2.75, 3.05) is 49.3 Å². The van der Waals surface area contributed by atoms with Crippen LogP contribution in [0.2, 0.25) is 0 Å². The number of imidazole rings is 3. The van der Waals surface area contributed by atoms with Crippen molar-refractivity contribution in [2.45, 2.75) is 215 Å². The number of aliphatic carboxylic acids is 2. The normalized spacial score (nSPS) is 27.2. The molecule has 48 heteroatoms. The number of carbonyl (C=O) groups excluding carboxylic acids is 16. The summed E-state index contributed by atoms with van der Waals surface area (Å²) in [6.07, 6.45) is 4.95. The van der Waals surface area contributed by atoms with Crippen LogP contribution in [-0.2, 0) is 106 Å². The third-order valence-electron chi connectivity index (χ3n) is 19.8. The minimum atomic E-state index is -1.88. The number of amides is 16. The fraction of sp³-hybridized carbons (Fsp3) is 0.620. The number of rotatable bonds is 21. The number of aliphatic hydroxyl groups is 1. The SMILES string of the molecule is CC[C@H](C)[C@@H]1NC(=O)[C@H](Cc2cnc[nH]2)NC(=O)[C@@H]2CSSC[C@H](NC(=O)CN)C(=O)N[C@@H](CSSC[C@@H](C(N)=O)NC(=O)[C@H](CC(C)C)NC(=O)[C@H](CCC(=O)O)NC(=O)[C@@H]3CCCN3C(=O)[C@H](Cc3cnc[nH]3)NC(=O)[C@H](CCCC(=O)O)NC1=O)C(=O)N[C@@H](CO)C(=O)N[C@@H](Cc1cnc[nH]1)C(=O)N1CCC[C@H]1C(=O)N[C@@H](C)C(=O)N2. The molecule has 16 amide bonds. The van der Waals surface area contributed by atoms with Crippen LogP contribution in [0.4, 0.5) is 0 Å². The summed E-state index contributed by atoms with van der Waals surface area (Å²) in [5, 5.41) is 63.8. The molecule has 0 saturated carbocycles. The van der Waals surface area contributed by atoms with Gasteiger partial charge in [-0.3, -0.25) is 86.3 Å². The Morgan fingerprint density at radius 2 is 0.941 bits per heavy atom. The van der Waals surface area contributed by atoms with Crippen molar-refractivity contribution in [3.8, 4) is 0 Å². The summed E-state index contributed by atoms with van der Waals surface area (Å²) < 4.78 is 0. The van der Waals surface area contributed by atoms with Gasteiger partial charge in [-0.25, -0.2) is 15.0 Å². The quantitative estimate of drug-likeness (QED) is 0.0441. The summed E-state index contributed by atoms with van der Waals surface area (Å²) in [4.78, 5) is 280. The van der Waals surface area contributed by atoms with Gasteiger partial charge >= 0.3 is 11.9 Å². The molecule has 4 fully saturated rings. The topological polar surface area (TPSA) is 669 Å². The van der Waals surface area contributed by atoms with Crippen LogP contribution in [0, 0.1) is 11.8 Å². The number of hydrogen-bond acceptors (Lipinski definition) is 27. The van der Waals surface area contributed by atoms with Crippen molar-refractivity contribution < 1.29 is 102 Å². The lowest BCUT2D eigenvalue weighted by Crippen LogP contribution is -2.62. The summed E-state index contributed by atoms with van der Waals surface area (Å²) in [6.45, 7) is 5.95. The molecular formula is C71H105N23O21S4. The number of fused-ring (bicyclic) bond motifs is 10. The summed E-state index contributed by atoms with van der Waals surface area (Å²) >= 11 is 0. The second-order valence-electron chi connectivity index (χ2n) is 29.3. The number of aromatic nitrogens is 6. The van der Waals surface area contributed by atoms with E-state index in [-0.39, 0.29) is 101 Å². The van der Waals surface area contributed by atoms with Crippen molar-refractivity contribution in [3.63, 3.8) is 0 Å². The molecule has 7 rings (SSSR count). The van der Waals surface area contributed by atoms with E-state index in [1.807, 2.05) is 0 Å². The van der Waals surface area contributed by atoms with Crippen LogP contribution in [0.5, 0.6) is 0 Å². The van der Waals surface area contributed by atoms with Gasteiger partial charge in [0, 0.05) is 104 Å². The van der Waals surface area contributed by atoms with Crippen LogP contribution in [0.15, 0.2) is 37.6 Å². The lowest BCUT2D eigenvalue weighted by Gasteiger charge is -2.31. The molecular weight excluding hydrogens is 1640 g/mol. The maximum atomic E-state index is 15.1. The number of nitrogens with one attached hydrogen (secondary N) is 16. The van der Waals surface area contributed by atoms with Gasteiger partial charge in [0.1, 0.15) is 90.6 Å². The highest BCUT2D eigenvalue weighted by Gasteiger charge is 2.44. The number of carboxylic acids is 2. The standard InChI is InChI=1S/C71H105N23O21S4/c1-6-35(4)56-69(113)83-40(10-7-13-54(97)98)59(103)86-44(20-38-24-75-32-78-38)70(114)94-17-9-12-52(94)68(112)82-41(14-15-55(99)100)60(104)84-42(18-34(2)3)61(105)89-47(57(73)101)27-116-118-30-50-66(110)88-46(26-95)63(107)87-45(21-39-25-76-33-79-39)71(115)93-16-8-11-51(93)67(111)80-36(5)58(102)90-49(29-119-117-28-48(64(108)91-50)81-53(96)22-72)65(109)85-43(62(106)92-56)19-37-23-74-31-77-37/h23-25,31-36,40-52,56,95H,6-22,26-30,72H2,1-5H3,(H2,73,101)(H,74,77)(H,75,78)(H,76,79)(H,80,111)(H,81,96)(H,82,112)(H,83,113)(H,84,104)(H,85,109)(H,86,103)(H,87,107)(H,88,110)(H,89,105)(H,90,102)(H,91,108)(H,92,106)(H,97,98)(H,99,100)/t35-,36-,40-,41-,42-,43-,44-,45-,46-,47-,48-,49-,50-,51-,52-,56-/m0/s1. The molecule has 44 nitrogen and oxygen atoms in total. The minimum absolute atomic E-state index is 0.0315. The Morgan fingerprint density at radius 3 is 1.43 bits per heavy atom. The minimum Gasteiger partial charge on any atom is -0.481 e. The molecule has 654 valence electrons. The maximum Gasteiger partial charge on any atom is 0.303 e. The number of aliphatic hydroxyl groups excluding tert-OH is 1. The van der Waals surface area contributed by atoms with Gasteiger partial charge in [-0.1, -0.05) is 77.3 Å². The molecule has 4 aliphatic heterocycles. The largest absolute Gasteiger partial charge is 0.481 e.